The topological polar surface area (TPSA) is 44.2 Å². The molecule has 0 bridgehead atoms. The summed E-state index contributed by atoms with van der Waals surface area (Å²) < 4.78 is 10.6. The van der Waals surface area contributed by atoms with Gasteiger partial charge in [0.1, 0.15) is 16.5 Å². The zero-order valence-corrected chi connectivity index (χ0v) is 12.0. The minimum Gasteiger partial charge on any atom is -0.497 e. The maximum Gasteiger partial charge on any atom is 0.128 e. The van der Waals surface area contributed by atoms with Crippen LogP contribution >= 0.6 is 11.8 Å². The summed E-state index contributed by atoms with van der Waals surface area (Å²) in [4.78, 5) is 0. The van der Waals surface area contributed by atoms with E-state index in [1.54, 1.807) is 26.0 Å². The van der Waals surface area contributed by atoms with Crippen molar-refractivity contribution in [3.63, 3.8) is 0 Å². The number of hydrogen-bond acceptors (Lipinski definition) is 5. The van der Waals surface area contributed by atoms with Crippen molar-refractivity contribution in [1.82, 2.24) is 10.2 Å². The van der Waals surface area contributed by atoms with Crippen LogP contribution in [0.3, 0.4) is 0 Å². The first-order valence-corrected chi connectivity index (χ1v) is 6.96. The molecule has 100 valence electrons. The summed E-state index contributed by atoms with van der Waals surface area (Å²) >= 11 is 1.67. The average Bonchev–Trinajstić information content (AvgIpc) is 2.47. The molecule has 0 unspecified atom stereocenters. The number of ether oxygens (including phenoxy) is 2. The highest BCUT2D eigenvalue weighted by molar-refractivity contribution is 7.99. The van der Waals surface area contributed by atoms with Gasteiger partial charge in [0.15, 0.2) is 0 Å². The van der Waals surface area contributed by atoms with Crippen molar-refractivity contribution in [1.29, 1.82) is 0 Å². The third kappa shape index (κ3) is 3.17. The lowest BCUT2D eigenvalue weighted by Gasteiger charge is -2.09. The maximum absolute atomic E-state index is 5.35. The third-order valence-electron chi connectivity index (χ3n) is 2.61. The molecule has 1 aromatic carbocycles. The van der Waals surface area contributed by atoms with Crippen molar-refractivity contribution in [2.45, 2.75) is 11.9 Å². The summed E-state index contributed by atoms with van der Waals surface area (Å²) in [6.45, 7) is 2.09. The molecule has 0 atom stereocenters. The van der Waals surface area contributed by atoms with E-state index in [1.807, 2.05) is 30.3 Å². The quantitative estimate of drug-likeness (QED) is 0.784. The summed E-state index contributed by atoms with van der Waals surface area (Å²) in [5.41, 5.74) is 1.65. The van der Waals surface area contributed by atoms with Gasteiger partial charge in [0.25, 0.3) is 0 Å². The van der Waals surface area contributed by atoms with E-state index >= 15 is 0 Å². The highest BCUT2D eigenvalue weighted by Gasteiger charge is 2.09. The van der Waals surface area contributed by atoms with Crippen LogP contribution in [0.4, 0.5) is 0 Å². The van der Waals surface area contributed by atoms with Crippen molar-refractivity contribution in [3.05, 3.63) is 30.3 Å². The highest BCUT2D eigenvalue weighted by Crippen LogP contribution is 2.32. The van der Waals surface area contributed by atoms with Crippen molar-refractivity contribution in [2.75, 3.05) is 20.0 Å². The van der Waals surface area contributed by atoms with Crippen molar-refractivity contribution in [3.8, 4) is 22.8 Å². The number of benzene rings is 1. The summed E-state index contributed by atoms with van der Waals surface area (Å²) in [5.74, 6) is 2.51. The molecular formula is C14H16N2O2S. The Hall–Kier alpha value is -1.75. The first kappa shape index (κ1) is 13.7. The van der Waals surface area contributed by atoms with E-state index in [4.69, 9.17) is 9.47 Å². The predicted molar refractivity (Wildman–Crippen MR) is 77.0 cm³/mol. The van der Waals surface area contributed by atoms with Gasteiger partial charge in [0.2, 0.25) is 0 Å². The molecule has 0 amide bonds. The van der Waals surface area contributed by atoms with Crippen LogP contribution in [0.15, 0.2) is 35.4 Å². The highest BCUT2D eigenvalue weighted by atomic mass is 32.2. The Morgan fingerprint density at radius 3 is 2.47 bits per heavy atom. The Labute approximate surface area is 117 Å². The van der Waals surface area contributed by atoms with Crippen LogP contribution in [-0.2, 0) is 0 Å². The van der Waals surface area contributed by atoms with E-state index in [0.717, 1.165) is 33.5 Å². The minimum absolute atomic E-state index is 0.756. The molecule has 2 rings (SSSR count). The Bertz CT molecular complexity index is 544. The maximum atomic E-state index is 5.35. The fourth-order valence-electron chi connectivity index (χ4n) is 1.70. The van der Waals surface area contributed by atoms with E-state index in [9.17, 15) is 0 Å². The van der Waals surface area contributed by atoms with Gasteiger partial charge in [-0.25, -0.2) is 0 Å². The van der Waals surface area contributed by atoms with Crippen molar-refractivity contribution < 1.29 is 9.47 Å². The van der Waals surface area contributed by atoms with Gasteiger partial charge >= 0.3 is 0 Å². The van der Waals surface area contributed by atoms with Crippen LogP contribution in [0.2, 0.25) is 0 Å². The molecule has 0 aliphatic rings. The standard InChI is InChI=1S/C14H16N2O2S/c1-4-19-14-8-6-12(15-16-14)11-9-10(17-2)5-7-13(11)18-3/h5-9H,4H2,1-3H3. The number of thioether (sulfide) groups is 1. The van der Waals surface area contributed by atoms with Gasteiger partial charge in [-0.15, -0.1) is 22.0 Å². The van der Waals surface area contributed by atoms with Crippen LogP contribution < -0.4 is 9.47 Å². The van der Waals surface area contributed by atoms with Gasteiger partial charge in [0.05, 0.1) is 19.9 Å². The van der Waals surface area contributed by atoms with Crippen LogP contribution in [0.1, 0.15) is 6.92 Å². The molecule has 0 N–H and O–H groups in total. The second-order valence-electron chi connectivity index (χ2n) is 3.76. The Morgan fingerprint density at radius 2 is 1.89 bits per heavy atom. The lowest BCUT2D eigenvalue weighted by Crippen LogP contribution is -1.94. The average molecular weight is 276 g/mol. The van der Waals surface area contributed by atoms with Crippen LogP contribution in [0.5, 0.6) is 11.5 Å². The summed E-state index contributed by atoms with van der Waals surface area (Å²) in [7, 11) is 3.28. The zero-order valence-electron chi connectivity index (χ0n) is 11.2. The molecule has 1 aromatic heterocycles. The summed E-state index contributed by atoms with van der Waals surface area (Å²) in [6, 6.07) is 9.54. The Kier molecular flexibility index (Phi) is 4.63. The fraction of sp³-hybridized carbons (Fsp3) is 0.286. The number of nitrogens with zero attached hydrogens (tertiary/aromatic N) is 2. The smallest absolute Gasteiger partial charge is 0.128 e. The van der Waals surface area contributed by atoms with Crippen molar-refractivity contribution >= 4 is 11.8 Å². The van der Waals surface area contributed by atoms with Gasteiger partial charge in [-0.05, 0) is 36.1 Å². The van der Waals surface area contributed by atoms with Gasteiger partial charge in [-0.1, -0.05) is 6.92 Å². The second kappa shape index (κ2) is 6.43. The molecule has 0 saturated carbocycles. The SMILES string of the molecule is CCSc1ccc(-c2cc(OC)ccc2OC)nn1. The molecule has 0 aliphatic carbocycles. The van der Waals surface area contributed by atoms with E-state index in [2.05, 4.69) is 17.1 Å². The Morgan fingerprint density at radius 1 is 1.05 bits per heavy atom. The lowest BCUT2D eigenvalue weighted by atomic mass is 10.1. The van der Waals surface area contributed by atoms with E-state index in [1.165, 1.54) is 0 Å². The monoisotopic (exact) mass is 276 g/mol. The zero-order chi connectivity index (χ0) is 13.7. The van der Waals surface area contributed by atoms with Gasteiger partial charge in [-0.2, -0.15) is 0 Å². The molecular weight excluding hydrogens is 260 g/mol. The third-order valence-corrected chi connectivity index (χ3v) is 3.42. The summed E-state index contributed by atoms with van der Waals surface area (Å²) in [6.07, 6.45) is 0. The van der Waals surface area contributed by atoms with Crippen molar-refractivity contribution in [2.24, 2.45) is 0 Å². The molecule has 0 fully saturated rings. The van der Waals surface area contributed by atoms with Gasteiger partial charge in [-0.3, -0.25) is 0 Å². The van der Waals surface area contributed by atoms with E-state index in [-0.39, 0.29) is 0 Å². The first-order valence-electron chi connectivity index (χ1n) is 5.97. The van der Waals surface area contributed by atoms with Crippen LogP contribution in [0.25, 0.3) is 11.3 Å². The predicted octanol–water partition coefficient (Wildman–Crippen LogP) is 3.27. The van der Waals surface area contributed by atoms with E-state index < -0.39 is 0 Å². The molecule has 0 saturated heterocycles. The molecule has 19 heavy (non-hydrogen) atoms. The first-order chi connectivity index (χ1) is 9.28. The minimum atomic E-state index is 0.756. The number of rotatable bonds is 5. The number of aromatic nitrogens is 2. The molecule has 5 heteroatoms. The lowest BCUT2D eigenvalue weighted by molar-refractivity contribution is 0.404. The van der Waals surface area contributed by atoms with Gasteiger partial charge in [0, 0.05) is 5.56 Å². The molecule has 0 spiro atoms. The number of hydrogen-bond donors (Lipinski definition) is 0. The second-order valence-corrected chi connectivity index (χ2v) is 5.04. The Balaban J connectivity index is 2.38. The molecule has 4 nitrogen and oxygen atoms in total. The molecule has 2 aromatic rings. The van der Waals surface area contributed by atoms with Crippen LogP contribution in [0, 0.1) is 0 Å². The molecule has 0 radical (unpaired) electrons. The molecule has 0 aliphatic heterocycles. The fourth-order valence-corrected chi connectivity index (χ4v) is 2.26. The summed E-state index contributed by atoms with van der Waals surface area (Å²) in [5, 5.41) is 9.36. The largest absolute Gasteiger partial charge is 0.497 e. The normalized spacial score (nSPS) is 10.3. The van der Waals surface area contributed by atoms with Gasteiger partial charge < -0.3 is 9.47 Å². The van der Waals surface area contributed by atoms with E-state index in [0.29, 0.717) is 0 Å². The molecule has 1 heterocycles. The van der Waals surface area contributed by atoms with Crippen LogP contribution in [-0.4, -0.2) is 30.2 Å². The number of methoxy groups -OCH3 is 2.